The van der Waals surface area contributed by atoms with E-state index in [0.717, 1.165) is 50.7 Å². The summed E-state index contributed by atoms with van der Waals surface area (Å²) >= 11 is 0. The molecule has 0 aromatic heterocycles. The quantitative estimate of drug-likeness (QED) is 0.317. The summed E-state index contributed by atoms with van der Waals surface area (Å²) in [5, 5.41) is 0. The highest BCUT2D eigenvalue weighted by Gasteiger charge is 2.40. The zero-order valence-corrected chi connectivity index (χ0v) is 20.0. The third kappa shape index (κ3) is 8.91. The number of ether oxygens (including phenoxy) is 4. The summed E-state index contributed by atoms with van der Waals surface area (Å²) in [4.78, 5) is 13.1. The summed E-state index contributed by atoms with van der Waals surface area (Å²) in [6, 6.07) is 0. The van der Waals surface area contributed by atoms with Crippen molar-refractivity contribution in [1.29, 1.82) is 0 Å². The summed E-state index contributed by atoms with van der Waals surface area (Å²) < 4.78 is 24.0. The van der Waals surface area contributed by atoms with E-state index in [1.807, 2.05) is 33.8 Å². The highest BCUT2D eigenvalue weighted by molar-refractivity contribution is 5.80. The van der Waals surface area contributed by atoms with Crippen LogP contribution >= 0.6 is 0 Å². The van der Waals surface area contributed by atoms with Crippen LogP contribution in [0.1, 0.15) is 79.1 Å². The molecule has 0 aromatic carbocycles. The van der Waals surface area contributed by atoms with Gasteiger partial charge in [-0.2, -0.15) is 0 Å². The number of hydrogen-bond acceptors (Lipinski definition) is 5. The zero-order valence-electron chi connectivity index (χ0n) is 20.0. The predicted molar refractivity (Wildman–Crippen MR) is 124 cm³/mol. The molecule has 1 heterocycles. The van der Waals surface area contributed by atoms with Crippen LogP contribution < -0.4 is 0 Å². The highest BCUT2D eigenvalue weighted by atomic mass is 16.7. The van der Waals surface area contributed by atoms with Crippen LogP contribution in [0.5, 0.6) is 0 Å². The molecule has 2 aliphatic rings. The maximum Gasteiger partial charge on any atom is 0.338 e. The Bertz CT molecular complexity index is 626. The lowest BCUT2D eigenvalue weighted by Gasteiger charge is -2.36. The van der Waals surface area contributed by atoms with Gasteiger partial charge in [-0.1, -0.05) is 37.8 Å². The van der Waals surface area contributed by atoms with Gasteiger partial charge >= 0.3 is 5.97 Å². The normalized spacial score (nSPS) is 27.2. The number of allylic oxidation sites excluding steroid dienone is 3. The molecule has 0 N–H and O–H groups in total. The van der Waals surface area contributed by atoms with E-state index < -0.39 is 11.2 Å². The Labute approximate surface area is 188 Å². The third-order valence-electron chi connectivity index (χ3n) is 5.82. The van der Waals surface area contributed by atoms with Crippen LogP contribution in [0, 0.1) is 5.92 Å². The molecule has 0 radical (unpaired) electrons. The Morgan fingerprint density at radius 3 is 2.48 bits per heavy atom. The van der Waals surface area contributed by atoms with Gasteiger partial charge in [-0.3, -0.25) is 0 Å². The second-order valence-corrected chi connectivity index (χ2v) is 9.99. The molecule has 0 amide bonds. The highest BCUT2D eigenvalue weighted by Crippen LogP contribution is 2.32. The molecule has 31 heavy (non-hydrogen) atoms. The van der Waals surface area contributed by atoms with E-state index in [1.54, 1.807) is 12.2 Å². The molecule has 2 rings (SSSR count). The molecule has 1 saturated heterocycles. The number of esters is 1. The first-order chi connectivity index (χ1) is 14.6. The zero-order chi connectivity index (χ0) is 22.9. The topological polar surface area (TPSA) is 54.0 Å². The largest absolute Gasteiger partial charge is 0.458 e. The molecular weight excluding hydrogens is 392 g/mol. The Hall–Kier alpha value is -1.43. The average Bonchev–Trinajstić information content (AvgIpc) is 2.72. The molecule has 4 unspecified atom stereocenters. The predicted octanol–water partition coefficient (Wildman–Crippen LogP) is 5.89. The fraction of sp³-hybridized carbons (Fsp3) is 0.731. The van der Waals surface area contributed by atoms with Crippen molar-refractivity contribution in [3.63, 3.8) is 0 Å². The van der Waals surface area contributed by atoms with Crippen LogP contribution in [-0.4, -0.2) is 42.8 Å². The molecule has 4 atom stereocenters. The summed E-state index contributed by atoms with van der Waals surface area (Å²) in [7, 11) is 0. The first-order valence-electron chi connectivity index (χ1n) is 11.7. The van der Waals surface area contributed by atoms with Gasteiger partial charge < -0.3 is 18.9 Å². The van der Waals surface area contributed by atoms with Gasteiger partial charge in [-0.05, 0) is 77.7 Å². The summed E-state index contributed by atoms with van der Waals surface area (Å²) in [5.74, 6) is -0.00399. The average molecular weight is 435 g/mol. The van der Waals surface area contributed by atoms with E-state index in [4.69, 9.17) is 18.9 Å². The van der Waals surface area contributed by atoms with Gasteiger partial charge in [0.1, 0.15) is 5.60 Å². The van der Waals surface area contributed by atoms with Crippen molar-refractivity contribution in [2.75, 3.05) is 13.2 Å². The van der Waals surface area contributed by atoms with E-state index in [-0.39, 0.29) is 18.4 Å². The molecular formula is C26H42O5. The van der Waals surface area contributed by atoms with Crippen molar-refractivity contribution in [1.82, 2.24) is 0 Å². The standard InChI is InChI=1S/C26H42O5/c1-7-12-20(8-2)18-26(6,24(27)31-25(3,4)5)29-19-21-13-11-14-22(17-21)30-23-15-9-10-16-28-23/h7-8,12,21-23H,1-2,9-11,13-19H2,3-6H3/b20-12+. The van der Waals surface area contributed by atoms with Crippen LogP contribution in [0.15, 0.2) is 37.0 Å². The van der Waals surface area contributed by atoms with Crippen molar-refractivity contribution < 1.29 is 23.7 Å². The van der Waals surface area contributed by atoms with Gasteiger partial charge in [0.15, 0.2) is 11.9 Å². The molecule has 0 spiro atoms. The van der Waals surface area contributed by atoms with Gasteiger partial charge in [0.2, 0.25) is 0 Å². The van der Waals surface area contributed by atoms with E-state index in [9.17, 15) is 4.79 Å². The summed E-state index contributed by atoms with van der Waals surface area (Å²) in [6.07, 6.45) is 13.2. The maximum atomic E-state index is 13.1. The lowest BCUT2D eigenvalue weighted by molar-refractivity contribution is -0.200. The molecule has 2 fully saturated rings. The molecule has 1 aliphatic heterocycles. The minimum Gasteiger partial charge on any atom is -0.458 e. The van der Waals surface area contributed by atoms with Gasteiger partial charge in [-0.25, -0.2) is 4.79 Å². The molecule has 0 bridgehead atoms. The van der Waals surface area contributed by atoms with Crippen LogP contribution in [0.2, 0.25) is 0 Å². The van der Waals surface area contributed by atoms with Crippen LogP contribution in [-0.2, 0) is 23.7 Å². The number of hydrogen-bond donors (Lipinski definition) is 0. The fourth-order valence-corrected chi connectivity index (χ4v) is 4.16. The molecule has 5 heteroatoms. The van der Waals surface area contributed by atoms with E-state index >= 15 is 0 Å². The summed E-state index contributed by atoms with van der Waals surface area (Å²) in [5.41, 5.74) is -0.777. The van der Waals surface area contributed by atoms with Crippen LogP contribution in [0.25, 0.3) is 0 Å². The van der Waals surface area contributed by atoms with Gasteiger partial charge in [0.05, 0.1) is 12.7 Å². The van der Waals surface area contributed by atoms with Gasteiger partial charge in [0, 0.05) is 13.0 Å². The van der Waals surface area contributed by atoms with Crippen LogP contribution in [0.3, 0.4) is 0 Å². The van der Waals surface area contributed by atoms with E-state index in [2.05, 4.69) is 13.2 Å². The number of carbonyl (C=O) groups excluding carboxylic acids is 1. The molecule has 0 aromatic rings. The maximum absolute atomic E-state index is 13.1. The first kappa shape index (κ1) is 25.8. The number of carbonyl (C=O) groups is 1. The number of rotatable bonds is 10. The lowest BCUT2D eigenvalue weighted by atomic mass is 9.87. The summed E-state index contributed by atoms with van der Waals surface area (Å²) in [6.45, 7) is 16.3. The SMILES string of the molecule is C=C/C=C(\C=C)CC(C)(OCC1CCCC(OC2CCCCO2)C1)C(=O)OC(C)(C)C. The second kappa shape index (κ2) is 12.0. The second-order valence-electron chi connectivity index (χ2n) is 9.99. The lowest BCUT2D eigenvalue weighted by Crippen LogP contribution is -2.45. The first-order valence-corrected chi connectivity index (χ1v) is 11.7. The minimum absolute atomic E-state index is 0.0652. The Kier molecular flexibility index (Phi) is 9.98. The monoisotopic (exact) mass is 434 g/mol. The Morgan fingerprint density at radius 1 is 1.10 bits per heavy atom. The molecule has 176 valence electrons. The van der Waals surface area contributed by atoms with Crippen molar-refractivity contribution in [3.8, 4) is 0 Å². The Morgan fingerprint density at radius 2 is 1.87 bits per heavy atom. The molecule has 1 saturated carbocycles. The molecule has 1 aliphatic carbocycles. The smallest absolute Gasteiger partial charge is 0.338 e. The van der Waals surface area contributed by atoms with E-state index in [1.165, 1.54) is 6.42 Å². The van der Waals surface area contributed by atoms with Gasteiger partial charge in [-0.15, -0.1) is 0 Å². The van der Waals surface area contributed by atoms with Gasteiger partial charge in [0.25, 0.3) is 0 Å². The van der Waals surface area contributed by atoms with Crippen molar-refractivity contribution in [2.24, 2.45) is 5.92 Å². The van der Waals surface area contributed by atoms with Crippen molar-refractivity contribution in [2.45, 2.75) is 103 Å². The Balaban J connectivity index is 2.00. The van der Waals surface area contributed by atoms with Crippen LogP contribution in [0.4, 0.5) is 0 Å². The van der Waals surface area contributed by atoms with Crippen molar-refractivity contribution in [3.05, 3.63) is 37.0 Å². The third-order valence-corrected chi connectivity index (χ3v) is 5.82. The van der Waals surface area contributed by atoms with E-state index in [0.29, 0.717) is 18.9 Å². The minimum atomic E-state index is -1.09. The fourth-order valence-electron chi connectivity index (χ4n) is 4.16. The van der Waals surface area contributed by atoms with Crippen molar-refractivity contribution >= 4 is 5.97 Å². The molecule has 5 nitrogen and oxygen atoms in total.